The first kappa shape index (κ1) is 28.4. The molecule has 0 bridgehead atoms. The summed E-state index contributed by atoms with van der Waals surface area (Å²) in [5.41, 5.74) is 2.70. The third kappa shape index (κ3) is 6.78. The van der Waals surface area contributed by atoms with E-state index in [1.165, 1.54) is 24.0 Å². The van der Waals surface area contributed by atoms with Gasteiger partial charge in [-0.15, -0.1) is 0 Å². The van der Waals surface area contributed by atoms with E-state index < -0.39 is 0 Å². The summed E-state index contributed by atoms with van der Waals surface area (Å²) in [7, 11) is 0. The van der Waals surface area contributed by atoms with E-state index in [1.807, 2.05) is 35.8 Å². The molecule has 0 radical (unpaired) electrons. The lowest BCUT2D eigenvalue weighted by atomic mass is 10.0. The number of hydrogen-bond acceptors (Lipinski definition) is 6. The summed E-state index contributed by atoms with van der Waals surface area (Å²) in [6.07, 6.45) is 2.07. The molecule has 4 aliphatic rings. The summed E-state index contributed by atoms with van der Waals surface area (Å²) in [5, 5.41) is 0. The molecule has 0 aliphatic carbocycles. The monoisotopic (exact) mass is 548 g/mol. The average molecular weight is 549 g/mol. The van der Waals surface area contributed by atoms with Crippen LogP contribution in [-0.2, 0) is 22.6 Å². The van der Waals surface area contributed by atoms with Gasteiger partial charge in [0.2, 0.25) is 0 Å². The van der Waals surface area contributed by atoms with Gasteiger partial charge in [-0.25, -0.2) is 9.59 Å². The number of likely N-dealkylation sites (tertiary alicyclic amines) is 4. The molecule has 2 aromatic rings. The SMILES string of the molecule is CCOC(=O)N1C[C@@H]2CCN(Cc3ccccc3)[C@@H]2C1.CCOC(=O)N1C[C@H]2CCN(Cc3ccccc3)[C@H]2C1. The summed E-state index contributed by atoms with van der Waals surface area (Å²) >= 11 is 0. The molecule has 216 valence electrons. The Balaban J connectivity index is 0.000000161. The van der Waals surface area contributed by atoms with Crippen molar-refractivity contribution in [3.8, 4) is 0 Å². The molecule has 8 nitrogen and oxygen atoms in total. The minimum absolute atomic E-state index is 0.151. The second-order valence-corrected chi connectivity index (χ2v) is 11.4. The maximum atomic E-state index is 11.8. The number of benzene rings is 2. The number of carbonyl (C=O) groups is 2. The molecule has 0 N–H and O–H groups in total. The molecule has 4 aliphatic heterocycles. The van der Waals surface area contributed by atoms with Crippen molar-refractivity contribution in [1.29, 1.82) is 0 Å². The molecule has 4 saturated heterocycles. The second-order valence-electron chi connectivity index (χ2n) is 11.4. The predicted molar refractivity (Wildman–Crippen MR) is 155 cm³/mol. The van der Waals surface area contributed by atoms with Crippen LogP contribution in [0.25, 0.3) is 0 Å². The molecule has 0 spiro atoms. The number of carbonyl (C=O) groups excluding carboxylic acids is 2. The summed E-state index contributed by atoms with van der Waals surface area (Å²) in [4.78, 5) is 32.4. The van der Waals surface area contributed by atoms with E-state index in [4.69, 9.17) is 9.47 Å². The van der Waals surface area contributed by atoms with Crippen molar-refractivity contribution in [3.63, 3.8) is 0 Å². The van der Waals surface area contributed by atoms with Crippen LogP contribution in [0.1, 0.15) is 37.8 Å². The number of rotatable bonds is 6. The number of nitrogens with zero attached hydrogens (tertiary/aromatic N) is 4. The Morgan fingerprint density at radius 3 is 1.43 bits per heavy atom. The predicted octanol–water partition coefficient (Wildman–Crippen LogP) is 4.70. The van der Waals surface area contributed by atoms with Gasteiger partial charge in [0, 0.05) is 51.4 Å². The Kier molecular flexibility index (Phi) is 9.60. The lowest BCUT2D eigenvalue weighted by molar-refractivity contribution is 0.109. The van der Waals surface area contributed by atoms with Gasteiger partial charge in [0.25, 0.3) is 0 Å². The molecule has 0 aromatic heterocycles. The summed E-state index contributed by atoms with van der Waals surface area (Å²) in [6.45, 7) is 12.2. The first-order valence-electron chi connectivity index (χ1n) is 14.9. The minimum atomic E-state index is -0.151. The van der Waals surface area contributed by atoms with Crippen LogP contribution in [-0.4, -0.2) is 96.4 Å². The molecule has 6 rings (SSSR count). The zero-order chi connectivity index (χ0) is 27.9. The molecule has 4 heterocycles. The van der Waals surface area contributed by atoms with E-state index in [1.54, 1.807) is 0 Å². The van der Waals surface area contributed by atoms with Crippen molar-refractivity contribution in [2.45, 2.75) is 51.9 Å². The Hall–Kier alpha value is -3.10. The van der Waals surface area contributed by atoms with E-state index in [0.717, 1.165) is 52.4 Å². The van der Waals surface area contributed by atoms with Gasteiger partial charge in [-0.1, -0.05) is 60.7 Å². The van der Waals surface area contributed by atoms with E-state index >= 15 is 0 Å². The number of fused-ring (bicyclic) bond motifs is 2. The van der Waals surface area contributed by atoms with Gasteiger partial charge in [-0.3, -0.25) is 9.80 Å². The zero-order valence-electron chi connectivity index (χ0n) is 24.0. The highest BCUT2D eigenvalue weighted by molar-refractivity contribution is 5.68. The van der Waals surface area contributed by atoms with Crippen molar-refractivity contribution in [2.75, 3.05) is 52.5 Å². The maximum Gasteiger partial charge on any atom is 0.409 e. The number of amides is 2. The van der Waals surface area contributed by atoms with Crippen molar-refractivity contribution < 1.29 is 19.1 Å². The van der Waals surface area contributed by atoms with Crippen molar-refractivity contribution in [2.24, 2.45) is 11.8 Å². The van der Waals surface area contributed by atoms with Crippen LogP contribution < -0.4 is 0 Å². The largest absolute Gasteiger partial charge is 0.450 e. The molecule has 0 unspecified atom stereocenters. The smallest absolute Gasteiger partial charge is 0.409 e. The van der Waals surface area contributed by atoms with Crippen LogP contribution in [0.3, 0.4) is 0 Å². The second kappa shape index (κ2) is 13.5. The normalized spacial score (nSPS) is 25.8. The fourth-order valence-electron chi connectivity index (χ4n) is 6.85. The van der Waals surface area contributed by atoms with Gasteiger partial charge in [-0.2, -0.15) is 0 Å². The van der Waals surface area contributed by atoms with Crippen LogP contribution in [0.5, 0.6) is 0 Å². The third-order valence-corrected chi connectivity index (χ3v) is 8.83. The summed E-state index contributed by atoms with van der Waals surface area (Å²) < 4.78 is 10.2. The van der Waals surface area contributed by atoms with E-state index in [-0.39, 0.29) is 12.2 Å². The Bertz CT molecular complexity index is 1010. The first-order chi connectivity index (χ1) is 19.6. The fourth-order valence-corrected chi connectivity index (χ4v) is 6.85. The summed E-state index contributed by atoms with van der Waals surface area (Å²) in [6, 6.07) is 22.1. The summed E-state index contributed by atoms with van der Waals surface area (Å²) in [5.74, 6) is 1.23. The van der Waals surface area contributed by atoms with Gasteiger partial charge in [-0.05, 0) is 62.7 Å². The highest BCUT2D eigenvalue weighted by Gasteiger charge is 2.44. The Labute approximate surface area is 238 Å². The first-order valence-corrected chi connectivity index (χ1v) is 14.9. The van der Waals surface area contributed by atoms with Crippen molar-refractivity contribution in [3.05, 3.63) is 71.8 Å². The van der Waals surface area contributed by atoms with Crippen molar-refractivity contribution >= 4 is 12.2 Å². The van der Waals surface area contributed by atoms with Crippen LogP contribution >= 0.6 is 0 Å². The van der Waals surface area contributed by atoms with Crippen LogP contribution in [0, 0.1) is 11.8 Å². The molecular weight excluding hydrogens is 504 g/mol. The lowest BCUT2D eigenvalue weighted by Crippen LogP contribution is -2.37. The molecule has 8 heteroatoms. The molecule has 0 saturated carbocycles. The van der Waals surface area contributed by atoms with Crippen LogP contribution in [0.2, 0.25) is 0 Å². The topological polar surface area (TPSA) is 65.6 Å². The fraction of sp³-hybridized carbons (Fsp3) is 0.562. The van der Waals surface area contributed by atoms with Crippen LogP contribution in [0.4, 0.5) is 9.59 Å². The van der Waals surface area contributed by atoms with Gasteiger partial charge in [0.1, 0.15) is 0 Å². The van der Waals surface area contributed by atoms with E-state index in [0.29, 0.717) is 37.1 Å². The average Bonchev–Trinajstić information content (AvgIpc) is 3.74. The minimum Gasteiger partial charge on any atom is -0.450 e. The van der Waals surface area contributed by atoms with Crippen LogP contribution in [0.15, 0.2) is 60.7 Å². The quantitative estimate of drug-likeness (QED) is 0.522. The lowest BCUT2D eigenvalue weighted by Gasteiger charge is -2.24. The van der Waals surface area contributed by atoms with Gasteiger partial charge in [0.05, 0.1) is 13.2 Å². The molecule has 4 fully saturated rings. The zero-order valence-corrected chi connectivity index (χ0v) is 24.0. The van der Waals surface area contributed by atoms with Gasteiger partial charge >= 0.3 is 12.2 Å². The Morgan fingerprint density at radius 2 is 1.05 bits per heavy atom. The van der Waals surface area contributed by atoms with Crippen molar-refractivity contribution in [1.82, 2.24) is 19.6 Å². The number of hydrogen-bond donors (Lipinski definition) is 0. The van der Waals surface area contributed by atoms with E-state index in [9.17, 15) is 9.59 Å². The van der Waals surface area contributed by atoms with Gasteiger partial charge < -0.3 is 19.3 Å². The number of ether oxygens (including phenoxy) is 2. The third-order valence-electron chi connectivity index (χ3n) is 8.83. The standard InChI is InChI=1S/2C16H22N2O2/c2*1-2-20-16(19)18-11-14-8-9-17(15(14)12-18)10-13-6-4-3-5-7-13/h2*3-7,14-15H,2,8-12H2,1H3/t2*14-,15+/m10/s1. The Morgan fingerprint density at radius 1 is 0.650 bits per heavy atom. The van der Waals surface area contributed by atoms with E-state index in [2.05, 4.69) is 58.3 Å². The molecule has 2 amide bonds. The highest BCUT2D eigenvalue weighted by Crippen LogP contribution is 2.34. The molecule has 40 heavy (non-hydrogen) atoms. The maximum absolute atomic E-state index is 11.8. The van der Waals surface area contributed by atoms with Gasteiger partial charge in [0.15, 0.2) is 0 Å². The molecule has 4 atom stereocenters. The highest BCUT2D eigenvalue weighted by atomic mass is 16.6. The molecular formula is C32H44N4O4. The molecule has 2 aromatic carbocycles.